The molecule has 0 bridgehead atoms. The summed E-state index contributed by atoms with van der Waals surface area (Å²) in [5.74, 6) is 0. The molecule has 10 heavy (non-hydrogen) atoms. The van der Waals surface area contributed by atoms with Gasteiger partial charge in [0.15, 0.2) is 0 Å². The Morgan fingerprint density at radius 3 is 3.10 bits per heavy atom. The van der Waals surface area contributed by atoms with Crippen LogP contribution in [-0.4, -0.2) is 9.97 Å². The van der Waals surface area contributed by atoms with Gasteiger partial charge in [0.1, 0.15) is 5.69 Å². The maximum Gasteiger partial charge on any atom is 0.273 e. The van der Waals surface area contributed by atoms with E-state index in [2.05, 4.69) is 9.97 Å². The van der Waals surface area contributed by atoms with E-state index in [1.165, 1.54) is 24.7 Å². The average molecular weight is 137 g/mol. The number of rotatable bonds is 1. The fourth-order valence-electron chi connectivity index (χ4n) is 0.573. The van der Waals surface area contributed by atoms with Crippen molar-refractivity contribution >= 4 is 6.08 Å². The van der Waals surface area contributed by atoms with Crippen LogP contribution in [0.4, 0.5) is 0 Å². The molecule has 0 fully saturated rings. The lowest BCUT2D eigenvalue weighted by Crippen LogP contribution is -2.09. The predicted molar refractivity (Wildman–Crippen MR) is 38.1 cm³/mol. The molecule has 0 aliphatic rings. The molecule has 0 spiro atoms. The minimum absolute atomic E-state index is 0.232. The van der Waals surface area contributed by atoms with Crippen LogP contribution >= 0.6 is 0 Å². The second-order valence-electron chi connectivity index (χ2n) is 1.66. The minimum atomic E-state index is -0.232. The third-order valence-corrected chi connectivity index (χ3v) is 0.989. The van der Waals surface area contributed by atoms with Gasteiger partial charge in [0.2, 0.25) is 0 Å². The van der Waals surface area contributed by atoms with Crippen LogP contribution in [0.2, 0.25) is 0 Å². The summed E-state index contributed by atoms with van der Waals surface area (Å²) in [6.07, 6.45) is 5.68. The van der Waals surface area contributed by atoms with Gasteiger partial charge < -0.3 is 10.7 Å². The number of nitrogens with zero attached hydrogens (tertiary/aromatic N) is 1. The largest absolute Gasteiger partial charge is 0.405 e. The van der Waals surface area contributed by atoms with Crippen LogP contribution in [0.15, 0.2) is 23.4 Å². The van der Waals surface area contributed by atoms with Gasteiger partial charge in [-0.25, -0.2) is 4.98 Å². The summed E-state index contributed by atoms with van der Waals surface area (Å²) < 4.78 is 0. The van der Waals surface area contributed by atoms with Gasteiger partial charge in [-0.1, -0.05) is 0 Å². The van der Waals surface area contributed by atoms with E-state index in [1.54, 1.807) is 0 Å². The van der Waals surface area contributed by atoms with Gasteiger partial charge >= 0.3 is 0 Å². The lowest BCUT2D eigenvalue weighted by atomic mass is 10.4. The topological polar surface area (TPSA) is 71.8 Å². The van der Waals surface area contributed by atoms with E-state index in [0.717, 1.165) is 0 Å². The van der Waals surface area contributed by atoms with Gasteiger partial charge in [-0.2, -0.15) is 0 Å². The Labute approximate surface area is 57.4 Å². The Hall–Kier alpha value is -1.58. The van der Waals surface area contributed by atoms with Crippen LogP contribution in [-0.2, 0) is 0 Å². The molecule has 0 radical (unpaired) electrons. The van der Waals surface area contributed by atoms with Crippen LogP contribution in [0.3, 0.4) is 0 Å². The summed E-state index contributed by atoms with van der Waals surface area (Å²) in [5, 5.41) is 0. The molecular weight excluding hydrogens is 130 g/mol. The SMILES string of the molecule is N/C=C/c1ncc[nH]c1=O. The van der Waals surface area contributed by atoms with Crippen molar-refractivity contribution in [2.75, 3.05) is 0 Å². The summed E-state index contributed by atoms with van der Waals surface area (Å²) in [5.41, 5.74) is 5.15. The molecule has 4 heteroatoms. The smallest absolute Gasteiger partial charge is 0.273 e. The highest BCUT2D eigenvalue weighted by Gasteiger charge is 1.90. The van der Waals surface area contributed by atoms with Crippen molar-refractivity contribution in [1.82, 2.24) is 9.97 Å². The van der Waals surface area contributed by atoms with E-state index >= 15 is 0 Å². The lowest BCUT2D eigenvalue weighted by Gasteiger charge is -1.86. The number of nitrogens with one attached hydrogen (secondary N) is 1. The number of hydrogen-bond donors (Lipinski definition) is 2. The fraction of sp³-hybridized carbons (Fsp3) is 0. The maximum absolute atomic E-state index is 10.8. The molecule has 4 nitrogen and oxygen atoms in total. The zero-order valence-corrected chi connectivity index (χ0v) is 5.24. The highest BCUT2D eigenvalue weighted by atomic mass is 16.1. The van der Waals surface area contributed by atoms with Crippen LogP contribution in [0.25, 0.3) is 6.08 Å². The third kappa shape index (κ3) is 1.22. The molecule has 52 valence electrons. The van der Waals surface area contributed by atoms with E-state index in [-0.39, 0.29) is 5.56 Å². The first-order chi connectivity index (χ1) is 4.84. The molecule has 0 amide bonds. The average Bonchev–Trinajstić information content (AvgIpc) is 1.94. The number of hydrogen-bond acceptors (Lipinski definition) is 3. The molecule has 1 heterocycles. The van der Waals surface area contributed by atoms with Crippen LogP contribution in [0.1, 0.15) is 5.69 Å². The molecule has 0 aromatic carbocycles. The van der Waals surface area contributed by atoms with Crippen molar-refractivity contribution in [1.29, 1.82) is 0 Å². The van der Waals surface area contributed by atoms with Gasteiger partial charge in [0, 0.05) is 12.4 Å². The maximum atomic E-state index is 10.8. The number of nitrogens with two attached hydrogens (primary N) is 1. The summed E-state index contributed by atoms with van der Waals surface area (Å²) in [7, 11) is 0. The van der Waals surface area contributed by atoms with Gasteiger partial charge in [-0.3, -0.25) is 4.79 Å². The second-order valence-corrected chi connectivity index (χ2v) is 1.66. The standard InChI is InChI=1S/C6H7N3O/c7-2-1-5-6(10)9-4-3-8-5/h1-4H,7H2,(H,9,10)/b2-1+. The molecule has 0 saturated heterocycles. The molecule has 1 aromatic rings. The highest BCUT2D eigenvalue weighted by Crippen LogP contribution is 1.82. The Kier molecular flexibility index (Phi) is 1.84. The fourth-order valence-corrected chi connectivity index (χ4v) is 0.573. The Morgan fingerprint density at radius 1 is 1.70 bits per heavy atom. The van der Waals surface area contributed by atoms with Gasteiger partial charge in [0.25, 0.3) is 5.56 Å². The summed E-state index contributed by atoms with van der Waals surface area (Å²) >= 11 is 0. The Balaban J connectivity index is 3.16. The molecular formula is C6H7N3O. The van der Waals surface area contributed by atoms with E-state index in [0.29, 0.717) is 5.69 Å². The summed E-state index contributed by atoms with van der Waals surface area (Å²) in [6.45, 7) is 0. The zero-order valence-electron chi connectivity index (χ0n) is 5.24. The zero-order chi connectivity index (χ0) is 7.40. The molecule has 0 atom stereocenters. The van der Waals surface area contributed by atoms with Crippen LogP contribution < -0.4 is 11.3 Å². The molecule has 0 unspecified atom stereocenters. The van der Waals surface area contributed by atoms with Crippen molar-refractivity contribution in [2.45, 2.75) is 0 Å². The Bertz CT molecular complexity index is 289. The first-order valence-electron chi connectivity index (χ1n) is 2.76. The van der Waals surface area contributed by atoms with Crippen molar-refractivity contribution < 1.29 is 0 Å². The van der Waals surface area contributed by atoms with Crippen LogP contribution in [0, 0.1) is 0 Å². The molecule has 1 aromatic heterocycles. The Morgan fingerprint density at radius 2 is 2.50 bits per heavy atom. The van der Waals surface area contributed by atoms with E-state index in [4.69, 9.17) is 5.73 Å². The molecule has 0 saturated carbocycles. The van der Waals surface area contributed by atoms with Gasteiger partial charge in [-0.15, -0.1) is 0 Å². The van der Waals surface area contributed by atoms with Crippen molar-refractivity contribution in [2.24, 2.45) is 5.73 Å². The highest BCUT2D eigenvalue weighted by molar-refractivity contribution is 5.41. The first kappa shape index (κ1) is 6.54. The van der Waals surface area contributed by atoms with Crippen LogP contribution in [0.5, 0.6) is 0 Å². The first-order valence-corrected chi connectivity index (χ1v) is 2.76. The summed E-state index contributed by atoms with van der Waals surface area (Å²) in [6, 6.07) is 0. The quantitative estimate of drug-likeness (QED) is 0.558. The molecule has 0 aliphatic carbocycles. The van der Waals surface area contributed by atoms with Gasteiger partial charge in [-0.05, 0) is 12.3 Å². The molecule has 0 aliphatic heterocycles. The summed E-state index contributed by atoms with van der Waals surface area (Å²) in [4.78, 5) is 17.0. The number of H-pyrrole nitrogens is 1. The minimum Gasteiger partial charge on any atom is -0.405 e. The normalized spacial score (nSPS) is 10.4. The molecule has 1 rings (SSSR count). The monoisotopic (exact) mass is 137 g/mol. The van der Waals surface area contributed by atoms with E-state index in [9.17, 15) is 4.79 Å². The van der Waals surface area contributed by atoms with Crippen molar-refractivity contribution in [3.05, 3.63) is 34.6 Å². The van der Waals surface area contributed by atoms with Gasteiger partial charge in [0.05, 0.1) is 0 Å². The third-order valence-electron chi connectivity index (χ3n) is 0.989. The van der Waals surface area contributed by atoms with E-state index in [1.807, 2.05) is 0 Å². The van der Waals surface area contributed by atoms with Crippen molar-refractivity contribution in [3.63, 3.8) is 0 Å². The second kappa shape index (κ2) is 2.82. The number of aromatic nitrogens is 2. The predicted octanol–water partition coefficient (Wildman–Crippen LogP) is -0.301. The van der Waals surface area contributed by atoms with E-state index < -0.39 is 0 Å². The number of aromatic amines is 1. The van der Waals surface area contributed by atoms with Crippen molar-refractivity contribution in [3.8, 4) is 0 Å². The molecule has 3 N–H and O–H groups in total. The lowest BCUT2D eigenvalue weighted by molar-refractivity contribution is 1.12.